The number of halogens is 1. The van der Waals surface area contributed by atoms with Gasteiger partial charge in [-0.2, -0.15) is 0 Å². The number of ether oxygens (including phenoxy) is 2. The molecule has 122 valence electrons. The van der Waals surface area contributed by atoms with Gasteiger partial charge in [0.05, 0.1) is 19.1 Å². The quantitative estimate of drug-likeness (QED) is 0.451. The fourth-order valence-corrected chi connectivity index (χ4v) is 3.47. The average Bonchev–Trinajstić information content (AvgIpc) is 3.03. The molecule has 1 fully saturated rings. The third kappa shape index (κ3) is 2.29. The van der Waals surface area contributed by atoms with Crippen LogP contribution >= 0.6 is 22.6 Å². The lowest BCUT2D eigenvalue weighted by Crippen LogP contribution is -2.45. The second-order valence-corrected chi connectivity index (χ2v) is 6.25. The number of hydrogen-bond donors (Lipinski definition) is 3. The molecular weight excluding hydrogens is 417 g/mol. The van der Waals surface area contributed by atoms with Crippen molar-refractivity contribution < 1.29 is 24.8 Å². The lowest BCUT2D eigenvalue weighted by Gasteiger charge is -2.26. The van der Waals surface area contributed by atoms with Crippen molar-refractivity contribution in [3.63, 3.8) is 0 Å². The summed E-state index contributed by atoms with van der Waals surface area (Å²) < 4.78 is 13.1. The molecule has 4 atom stereocenters. The van der Waals surface area contributed by atoms with Gasteiger partial charge in [-0.3, -0.25) is 0 Å². The smallest absolute Gasteiger partial charge is 0.226 e. The molecule has 0 spiro atoms. The molecule has 3 rings (SSSR count). The Morgan fingerprint density at radius 1 is 1.57 bits per heavy atom. The second-order valence-electron chi connectivity index (χ2n) is 5.09. The van der Waals surface area contributed by atoms with Crippen LogP contribution in [0.2, 0.25) is 0 Å². The highest BCUT2D eigenvalue weighted by molar-refractivity contribution is 14.1. The number of terminal acetylenes is 1. The molecule has 0 radical (unpaired) electrons. The Morgan fingerprint density at radius 2 is 2.30 bits per heavy atom. The minimum atomic E-state index is -2.00. The van der Waals surface area contributed by atoms with Gasteiger partial charge >= 0.3 is 0 Å². The van der Waals surface area contributed by atoms with Gasteiger partial charge in [0, 0.05) is 9.77 Å². The first kappa shape index (κ1) is 16.4. The first-order chi connectivity index (χ1) is 11.0. The van der Waals surface area contributed by atoms with Gasteiger partial charge in [-0.1, -0.05) is 5.92 Å². The van der Waals surface area contributed by atoms with Crippen molar-refractivity contribution in [2.45, 2.75) is 24.0 Å². The van der Waals surface area contributed by atoms with E-state index in [0.717, 1.165) is 3.57 Å². The Balaban J connectivity index is 2.19. The monoisotopic (exact) mass is 431 g/mol. The number of aromatic nitrogens is 3. The normalized spacial score (nSPS) is 30.5. The topological polar surface area (TPSA) is 110 Å². The van der Waals surface area contributed by atoms with E-state index in [2.05, 4.69) is 38.5 Å². The number of fused-ring (bicyclic) bond motifs is 1. The van der Waals surface area contributed by atoms with E-state index in [0.29, 0.717) is 16.9 Å². The Hall–Kier alpha value is -1.45. The van der Waals surface area contributed by atoms with Crippen molar-refractivity contribution in [2.24, 2.45) is 0 Å². The average molecular weight is 431 g/mol. The molecular formula is C14H14IN3O5. The van der Waals surface area contributed by atoms with Crippen LogP contribution in [0.25, 0.3) is 11.0 Å². The molecule has 1 saturated heterocycles. The first-order valence-electron chi connectivity index (χ1n) is 6.67. The van der Waals surface area contributed by atoms with E-state index < -0.39 is 30.6 Å². The van der Waals surface area contributed by atoms with Crippen molar-refractivity contribution in [3.8, 4) is 18.2 Å². The van der Waals surface area contributed by atoms with E-state index in [9.17, 15) is 15.3 Å². The van der Waals surface area contributed by atoms with Crippen LogP contribution in [0, 0.1) is 15.9 Å². The van der Waals surface area contributed by atoms with Gasteiger partial charge in [0.15, 0.2) is 17.5 Å². The van der Waals surface area contributed by atoms with E-state index in [1.54, 1.807) is 6.20 Å². The minimum Gasteiger partial charge on any atom is -0.480 e. The molecule has 0 unspecified atom stereocenters. The van der Waals surface area contributed by atoms with Gasteiger partial charge < -0.3 is 29.4 Å². The molecule has 23 heavy (non-hydrogen) atoms. The van der Waals surface area contributed by atoms with Crippen molar-refractivity contribution in [3.05, 3.63) is 16.1 Å². The summed E-state index contributed by atoms with van der Waals surface area (Å²) in [6, 6.07) is 0. The summed E-state index contributed by atoms with van der Waals surface area (Å²) in [4.78, 5) is 8.24. The van der Waals surface area contributed by atoms with Crippen molar-refractivity contribution in [1.29, 1.82) is 0 Å². The third-order valence-electron chi connectivity index (χ3n) is 3.87. The van der Waals surface area contributed by atoms with Gasteiger partial charge in [-0.25, -0.2) is 9.97 Å². The maximum absolute atomic E-state index is 10.7. The van der Waals surface area contributed by atoms with Crippen LogP contribution < -0.4 is 4.74 Å². The van der Waals surface area contributed by atoms with E-state index in [1.165, 1.54) is 18.0 Å². The van der Waals surface area contributed by atoms with Gasteiger partial charge in [0.1, 0.15) is 18.5 Å². The first-order valence-corrected chi connectivity index (χ1v) is 7.75. The van der Waals surface area contributed by atoms with Crippen LogP contribution in [0.1, 0.15) is 6.23 Å². The molecule has 1 aliphatic heterocycles. The van der Waals surface area contributed by atoms with Crippen LogP contribution in [0.5, 0.6) is 5.88 Å². The summed E-state index contributed by atoms with van der Waals surface area (Å²) in [7, 11) is 1.49. The summed E-state index contributed by atoms with van der Waals surface area (Å²) in [6.45, 7) is -0.476. The SMILES string of the molecule is C#C[C@@]1(O)[C@H](O)[C@@H](CO)O[C@H]1n1cc(I)c2c(OC)ncnc21. The molecule has 8 nitrogen and oxygen atoms in total. The summed E-state index contributed by atoms with van der Waals surface area (Å²) in [5.41, 5.74) is -1.56. The van der Waals surface area contributed by atoms with E-state index in [4.69, 9.17) is 15.9 Å². The van der Waals surface area contributed by atoms with Crippen molar-refractivity contribution in [2.75, 3.05) is 13.7 Å². The van der Waals surface area contributed by atoms with Crippen LogP contribution in [-0.2, 0) is 4.74 Å². The van der Waals surface area contributed by atoms with E-state index >= 15 is 0 Å². The molecule has 0 aromatic carbocycles. The zero-order chi connectivity index (χ0) is 16.8. The lowest BCUT2D eigenvalue weighted by atomic mass is 9.95. The van der Waals surface area contributed by atoms with Crippen LogP contribution in [-0.4, -0.2) is 61.4 Å². The molecule has 3 N–H and O–H groups in total. The summed E-state index contributed by atoms with van der Waals surface area (Å²) in [6.07, 6.45) is 4.87. The second kappa shape index (κ2) is 5.88. The fourth-order valence-electron chi connectivity index (χ4n) is 2.70. The lowest BCUT2D eigenvalue weighted by molar-refractivity contribution is -0.0719. The molecule has 3 heterocycles. The molecule has 9 heteroatoms. The zero-order valence-corrected chi connectivity index (χ0v) is 14.2. The van der Waals surface area contributed by atoms with Gasteiger partial charge in [0.2, 0.25) is 5.88 Å². The summed E-state index contributed by atoms with van der Waals surface area (Å²) in [5.74, 6) is 2.55. The highest BCUT2D eigenvalue weighted by atomic mass is 127. The maximum atomic E-state index is 10.7. The Morgan fingerprint density at radius 3 is 2.91 bits per heavy atom. The molecule has 0 saturated carbocycles. The third-order valence-corrected chi connectivity index (χ3v) is 4.69. The number of rotatable bonds is 3. The number of nitrogens with zero attached hydrogens (tertiary/aromatic N) is 3. The Kier molecular flexibility index (Phi) is 4.19. The Bertz CT molecular complexity index is 789. The molecule has 0 amide bonds. The number of aliphatic hydroxyl groups excluding tert-OH is 2. The van der Waals surface area contributed by atoms with E-state index in [-0.39, 0.29) is 0 Å². The molecule has 1 aliphatic rings. The molecule has 2 aromatic heterocycles. The summed E-state index contributed by atoms with van der Waals surface area (Å²) in [5, 5.41) is 30.8. The Labute approximate surface area is 145 Å². The van der Waals surface area contributed by atoms with Crippen LogP contribution in [0.4, 0.5) is 0 Å². The van der Waals surface area contributed by atoms with E-state index in [1.807, 2.05) is 0 Å². The molecule has 2 aromatic rings. The molecule has 0 bridgehead atoms. The van der Waals surface area contributed by atoms with Gasteiger partial charge in [-0.05, 0) is 22.6 Å². The largest absolute Gasteiger partial charge is 0.480 e. The predicted octanol–water partition coefficient (Wildman–Crippen LogP) is -0.341. The van der Waals surface area contributed by atoms with Crippen molar-refractivity contribution in [1.82, 2.24) is 14.5 Å². The maximum Gasteiger partial charge on any atom is 0.226 e. The standard InChI is InChI=1S/C14H14IN3O5/c1-3-14(21)10(20)8(5-19)23-13(14)18-4-7(15)9-11(18)16-6-17-12(9)22-2/h1,4,6,8,10,13,19-21H,5H2,2H3/t8-,10-,13-,14-/m1/s1. The van der Waals surface area contributed by atoms with Gasteiger partial charge in [-0.15, -0.1) is 6.42 Å². The number of aliphatic hydroxyl groups is 3. The highest BCUT2D eigenvalue weighted by Gasteiger charge is 2.55. The predicted molar refractivity (Wildman–Crippen MR) is 87.6 cm³/mol. The van der Waals surface area contributed by atoms with Gasteiger partial charge in [0.25, 0.3) is 0 Å². The minimum absolute atomic E-state index is 0.375. The van der Waals surface area contributed by atoms with Crippen LogP contribution in [0.15, 0.2) is 12.5 Å². The fraction of sp³-hybridized carbons (Fsp3) is 0.429. The number of hydrogen-bond acceptors (Lipinski definition) is 7. The van der Waals surface area contributed by atoms with Crippen molar-refractivity contribution >= 4 is 33.6 Å². The highest BCUT2D eigenvalue weighted by Crippen LogP contribution is 2.41. The summed E-state index contributed by atoms with van der Waals surface area (Å²) >= 11 is 2.08. The zero-order valence-electron chi connectivity index (χ0n) is 12.0. The van der Waals surface area contributed by atoms with Crippen LogP contribution in [0.3, 0.4) is 0 Å². The molecule has 0 aliphatic carbocycles. The number of methoxy groups -OCH3 is 1.